The second-order valence-electron chi connectivity index (χ2n) is 7.13. The molecule has 2 rings (SSSR count). The quantitative estimate of drug-likeness (QED) is 0.667. The van der Waals surface area contributed by atoms with Crippen LogP contribution in [-0.2, 0) is 10.9 Å². The Balaban J connectivity index is 2.36. The average Bonchev–Trinajstić information content (AvgIpc) is 2.64. The summed E-state index contributed by atoms with van der Waals surface area (Å²) in [4.78, 5) is 19.3. The van der Waals surface area contributed by atoms with Crippen molar-refractivity contribution in [2.75, 3.05) is 19.0 Å². The normalized spacial score (nSPS) is 13.2. The molecule has 0 saturated carbocycles. The first kappa shape index (κ1) is 23.1. The first-order valence-electron chi connectivity index (χ1n) is 8.87. The number of hydrogen-bond donors (Lipinski definition) is 2. The molecule has 2 aromatic heterocycles. The van der Waals surface area contributed by atoms with Gasteiger partial charge in [-0.15, -0.1) is 0 Å². The van der Waals surface area contributed by atoms with Crippen molar-refractivity contribution in [1.82, 2.24) is 9.97 Å². The largest absolute Gasteiger partial charge is 0.489 e. The predicted octanol–water partition coefficient (Wildman–Crippen LogP) is 4.40. The molecule has 1 amide bonds. The van der Waals surface area contributed by atoms with Crippen molar-refractivity contribution >= 4 is 11.9 Å². The molecule has 0 fully saturated rings. The van der Waals surface area contributed by atoms with Gasteiger partial charge in [0.2, 0.25) is 0 Å². The Kier molecular flexibility index (Phi) is 7.04. The maximum absolute atomic E-state index is 13.6. The van der Waals surface area contributed by atoms with Crippen molar-refractivity contribution in [2.45, 2.75) is 32.5 Å². The molecule has 3 N–H and O–H groups in total. The molecule has 0 spiro atoms. The van der Waals surface area contributed by atoms with Gasteiger partial charge in [0.15, 0.2) is 0 Å². The number of pyridine rings is 2. The van der Waals surface area contributed by atoms with E-state index in [1.165, 1.54) is 25.4 Å². The molecule has 0 aliphatic heterocycles. The summed E-state index contributed by atoms with van der Waals surface area (Å²) >= 11 is 0. The number of carbonyl (C=O) groups excluding carboxylic acids is 1. The van der Waals surface area contributed by atoms with E-state index in [1.807, 2.05) is 13.8 Å². The van der Waals surface area contributed by atoms with Crippen LogP contribution in [0.2, 0.25) is 0 Å². The number of aromatic nitrogens is 2. The van der Waals surface area contributed by atoms with Crippen LogP contribution in [0.3, 0.4) is 0 Å². The number of amides is 1. The van der Waals surface area contributed by atoms with Crippen LogP contribution in [0.25, 0.3) is 11.3 Å². The number of carbonyl (C=O) groups is 1. The van der Waals surface area contributed by atoms with Crippen LogP contribution in [0.1, 0.15) is 26.3 Å². The first-order chi connectivity index (χ1) is 13.9. The van der Waals surface area contributed by atoms with E-state index in [2.05, 4.69) is 20.0 Å². The zero-order valence-corrected chi connectivity index (χ0v) is 17.0. The fourth-order valence-corrected chi connectivity index (χ4v) is 2.69. The Morgan fingerprint density at radius 3 is 2.57 bits per heavy atom. The Morgan fingerprint density at radius 2 is 1.97 bits per heavy atom. The lowest BCUT2D eigenvalue weighted by molar-refractivity contribution is -0.139. The average molecular weight is 424 g/mol. The molecule has 2 heterocycles. The number of halogens is 3. The second-order valence-corrected chi connectivity index (χ2v) is 7.13. The molecular weight excluding hydrogens is 401 g/mol. The van der Waals surface area contributed by atoms with Gasteiger partial charge in [-0.25, -0.2) is 9.78 Å². The molecule has 0 unspecified atom stereocenters. The van der Waals surface area contributed by atoms with Crippen LogP contribution in [0.5, 0.6) is 5.75 Å². The van der Waals surface area contributed by atoms with Gasteiger partial charge >= 0.3 is 12.3 Å². The number of anilines is 1. The summed E-state index contributed by atoms with van der Waals surface area (Å²) in [5.74, 6) is -0.317. The van der Waals surface area contributed by atoms with Gasteiger partial charge in [-0.1, -0.05) is 11.6 Å². The molecule has 162 valence electrons. The maximum Gasteiger partial charge on any atom is 0.420 e. The molecule has 0 saturated heterocycles. The van der Waals surface area contributed by atoms with Crippen molar-refractivity contribution < 1.29 is 27.4 Å². The monoisotopic (exact) mass is 424 g/mol. The molecule has 0 aliphatic carbocycles. The van der Waals surface area contributed by atoms with Crippen molar-refractivity contribution in [3.8, 4) is 17.0 Å². The van der Waals surface area contributed by atoms with E-state index < -0.39 is 29.1 Å². The number of rotatable bonds is 6. The van der Waals surface area contributed by atoms with Gasteiger partial charge in [-0.2, -0.15) is 13.2 Å². The van der Waals surface area contributed by atoms with Crippen LogP contribution in [0, 0.1) is 0 Å². The smallest absolute Gasteiger partial charge is 0.420 e. The number of ether oxygens (including phenoxy) is 2. The highest BCUT2D eigenvalue weighted by Gasteiger charge is 2.35. The number of hydrogen-bond acceptors (Lipinski definition) is 6. The third-order valence-electron chi connectivity index (χ3n) is 3.80. The number of nitrogens with one attached hydrogen (secondary N) is 1. The van der Waals surface area contributed by atoms with Gasteiger partial charge in [-0.05, 0) is 39.0 Å². The molecule has 7 nitrogen and oxygen atoms in total. The number of alkyl halides is 3. The zero-order chi connectivity index (χ0) is 22.5. The number of nitrogens with zero attached hydrogens (tertiary/aromatic N) is 2. The van der Waals surface area contributed by atoms with E-state index in [1.54, 1.807) is 13.0 Å². The number of methoxy groups -OCH3 is 1. The SMILES string of the molecule is COC(=O)Nc1cc(-c2cc(C(F)(F)F)c(OC[C@@](C)(N)C=C(C)C)cn2)ccn1. The minimum atomic E-state index is -4.67. The molecule has 1 atom stereocenters. The van der Waals surface area contributed by atoms with Gasteiger partial charge in [0, 0.05) is 11.8 Å². The highest BCUT2D eigenvalue weighted by molar-refractivity contribution is 5.84. The topological polar surface area (TPSA) is 99.4 Å². The fourth-order valence-electron chi connectivity index (χ4n) is 2.69. The van der Waals surface area contributed by atoms with Crippen molar-refractivity contribution in [2.24, 2.45) is 5.73 Å². The van der Waals surface area contributed by atoms with E-state index in [0.29, 0.717) is 5.56 Å². The predicted molar refractivity (Wildman–Crippen MR) is 106 cm³/mol. The molecule has 0 aromatic carbocycles. The third-order valence-corrected chi connectivity index (χ3v) is 3.80. The van der Waals surface area contributed by atoms with Gasteiger partial charge < -0.3 is 15.2 Å². The summed E-state index contributed by atoms with van der Waals surface area (Å²) in [6.45, 7) is 5.16. The van der Waals surface area contributed by atoms with Crippen LogP contribution in [-0.4, -0.2) is 35.3 Å². The fraction of sp³-hybridized carbons (Fsp3) is 0.350. The summed E-state index contributed by atoms with van der Waals surface area (Å²) in [5, 5.41) is 2.34. The lowest BCUT2D eigenvalue weighted by Crippen LogP contribution is -2.40. The molecule has 0 bridgehead atoms. The molecule has 0 radical (unpaired) electrons. The van der Waals surface area contributed by atoms with Crippen LogP contribution in [0.15, 0.2) is 42.2 Å². The molecular formula is C20H23F3N4O3. The molecule has 10 heteroatoms. The van der Waals surface area contributed by atoms with E-state index in [-0.39, 0.29) is 18.1 Å². The number of allylic oxidation sites excluding steroid dienone is 1. The number of nitrogens with two attached hydrogens (primary N) is 1. The zero-order valence-electron chi connectivity index (χ0n) is 17.0. The van der Waals surface area contributed by atoms with Crippen molar-refractivity contribution in [3.63, 3.8) is 0 Å². The van der Waals surface area contributed by atoms with Crippen LogP contribution in [0.4, 0.5) is 23.8 Å². The minimum Gasteiger partial charge on any atom is -0.489 e. The summed E-state index contributed by atoms with van der Waals surface area (Å²) < 4.78 is 50.7. The molecule has 0 aliphatic rings. The Morgan fingerprint density at radius 1 is 1.27 bits per heavy atom. The summed E-state index contributed by atoms with van der Waals surface area (Å²) in [6, 6.07) is 3.73. The van der Waals surface area contributed by atoms with E-state index in [9.17, 15) is 18.0 Å². The molecule has 30 heavy (non-hydrogen) atoms. The third kappa shape index (κ3) is 6.45. The Bertz CT molecular complexity index is 939. The van der Waals surface area contributed by atoms with Crippen LogP contribution >= 0.6 is 0 Å². The van der Waals surface area contributed by atoms with E-state index in [4.69, 9.17) is 10.5 Å². The standard InChI is InChI=1S/C20H23F3N4O3/c1-12(2)9-19(3,24)11-30-16-10-26-15(8-14(16)20(21,22)23)13-5-6-25-17(7-13)27-18(28)29-4/h5-10H,11,24H2,1-4H3,(H,25,27,28)/t19-/m0/s1. The highest BCUT2D eigenvalue weighted by atomic mass is 19.4. The van der Waals surface area contributed by atoms with E-state index in [0.717, 1.165) is 17.8 Å². The second kappa shape index (κ2) is 9.12. The molecule has 2 aromatic rings. The highest BCUT2D eigenvalue weighted by Crippen LogP contribution is 2.38. The van der Waals surface area contributed by atoms with Gasteiger partial charge in [0.1, 0.15) is 23.7 Å². The summed E-state index contributed by atoms with van der Waals surface area (Å²) in [5.41, 5.74) is 5.40. The van der Waals surface area contributed by atoms with Crippen LogP contribution < -0.4 is 15.8 Å². The van der Waals surface area contributed by atoms with Crippen molar-refractivity contribution in [1.29, 1.82) is 0 Å². The minimum absolute atomic E-state index is 0.0322. The van der Waals surface area contributed by atoms with Gasteiger partial charge in [-0.3, -0.25) is 10.3 Å². The summed E-state index contributed by atoms with van der Waals surface area (Å²) in [7, 11) is 1.18. The lowest BCUT2D eigenvalue weighted by atomic mass is 10.0. The van der Waals surface area contributed by atoms with Crippen molar-refractivity contribution in [3.05, 3.63) is 47.8 Å². The lowest BCUT2D eigenvalue weighted by Gasteiger charge is -2.23. The first-order valence-corrected chi connectivity index (χ1v) is 8.87. The van der Waals surface area contributed by atoms with Gasteiger partial charge in [0.25, 0.3) is 0 Å². The Labute approximate surface area is 172 Å². The maximum atomic E-state index is 13.6. The Hall–Kier alpha value is -3.14. The summed E-state index contributed by atoms with van der Waals surface area (Å²) in [6.07, 6.45) is -1.37. The van der Waals surface area contributed by atoms with E-state index >= 15 is 0 Å². The van der Waals surface area contributed by atoms with Gasteiger partial charge in [0.05, 0.1) is 24.5 Å².